The lowest BCUT2D eigenvalue weighted by Gasteiger charge is -2.27. The first-order chi connectivity index (χ1) is 21.2. The van der Waals surface area contributed by atoms with Crippen molar-refractivity contribution in [2.24, 2.45) is 5.10 Å². The number of hydrogen-bond acceptors (Lipinski definition) is 4. The first kappa shape index (κ1) is 34.1. The topological polar surface area (TPSA) is 83.4 Å². The number of pyridine rings is 1. The van der Waals surface area contributed by atoms with Gasteiger partial charge in [0.15, 0.2) is 0 Å². The summed E-state index contributed by atoms with van der Waals surface area (Å²) in [6.45, 7) is 9.56. The Morgan fingerprint density at radius 2 is 1.46 bits per heavy atom. The van der Waals surface area contributed by atoms with E-state index in [0.717, 1.165) is 28.8 Å². The van der Waals surface area contributed by atoms with Crippen molar-refractivity contribution in [2.75, 3.05) is 5.32 Å². The van der Waals surface area contributed by atoms with Gasteiger partial charge < -0.3 is 5.32 Å². The van der Waals surface area contributed by atoms with Gasteiger partial charge in [0, 0.05) is 16.6 Å². The lowest BCUT2D eigenvalue weighted by atomic mass is 9.86. The second kappa shape index (κ2) is 12.2. The Labute approximate surface area is 259 Å². The molecule has 0 aliphatic carbocycles. The lowest BCUT2D eigenvalue weighted by Crippen LogP contribution is -2.57. The van der Waals surface area contributed by atoms with E-state index in [4.69, 9.17) is 4.98 Å². The highest BCUT2D eigenvalue weighted by atomic mass is 19.4. The monoisotopic (exact) mass is 646 g/mol. The third-order valence-corrected chi connectivity index (χ3v) is 7.23. The molecule has 1 aromatic heterocycles. The maximum Gasteiger partial charge on any atom is 0.460 e. The molecular formula is C33H29F7N4O2. The quantitative estimate of drug-likeness (QED) is 0.120. The normalized spacial score (nSPS) is 13.1. The van der Waals surface area contributed by atoms with E-state index in [2.05, 4.69) is 31.3 Å². The summed E-state index contributed by atoms with van der Waals surface area (Å²) in [5.74, 6) is -16.1. The zero-order valence-corrected chi connectivity index (χ0v) is 25.3. The van der Waals surface area contributed by atoms with E-state index < -0.39 is 35.5 Å². The summed E-state index contributed by atoms with van der Waals surface area (Å²) in [7, 11) is 0. The molecule has 1 heterocycles. The van der Waals surface area contributed by atoms with Crippen LogP contribution in [0.15, 0.2) is 77.9 Å². The van der Waals surface area contributed by atoms with Crippen molar-refractivity contribution < 1.29 is 40.3 Å². The number of carbonyl (C=O) groups is 2. The first-order valence-electron chi connectivity index (χ1n) is 13.8. The fourth-order valence-electron chi connectivity index (χ4n) is 4.48. The van der Waals surface area contributed by atoms with E-state index in [1.165, 1.54) is 24.4 Å². The van der Waals surface area contributed by atoms with Gasteiger partial charge in [-0.15, -0.1) is 0 Å². The fraction of sp³-hybridized carbons (Fsp3) is 0.273. The van der Waals surface area contributed by atoms with Crippen molar-refractivity contribution in [1.29, 1.82) is 0 Å². The van der Waals surface area contributed by atoms with Gasteiger partial charge >= 0.3 is 23.9 Å². The number of hydrazone groups is 1. The number of amides is 2. The molecule has 4 rings (SSSR count). The van der Waals surface area contributed by atoms with Crippen molar-refractivity contribution in [3.8, 4) is 11.3 Å². The number of benzene rings is 3. The number of rotatable bonds is 7. The van der Waals surface area contributed by atoms with Gasteiger partial charge in [-0.1, -0.05) is 75.4 Å². The highest BCUT2D eigenvalue weighted by Crippen LogP contribution is 2.47. The second-order valence-corrected chi connectivity index (χ2v) is 11.7. The Morgan fingerprint density at radius 1 is 0.826 bits per heavy atom. The summed E-state index contributed by atoms with van der Waals surface area (Å²) in [5.41, 5.74) is 6.23. The second-order valence-electron chi connectivity index (χ2n) is 11.7. The van der Waals surface area contributed by atoms with Crippen molar-refractivity contribution >= 4 is 34.1 Å². The predicted molar refractivity (Wildman–Crippen MR) is 161 cm³/mol. The van der Waals surface area contributed by atoms with Crippen LogP contribution < -0.4 is 10.7 Å². The molecule has 46 heavy (non-hydrogen) atoms. The van der Waals surface area contributed by atoms with Crippen LogP contribution in [0.4, 0.5) is 36.4 Å². The first-order valence-corrected chi connectivity index (χ1v) is 13.8. The zero-order valence-electron chi connectivity index (χ0n) is 25.3. The maximum absolute atomic E-state index is 13.8. The van der Waals surface area contributed by atoms with Gasteiger partial charge in [0.25, 0.3) is 5.91 Å². The predicted octanol–water partition coefficient (Wildman–Crippen LogP) is 8.43. The minimum absolute atomic E-state index is 0.0647. The van der Waals surface area contributed by atoms with Gasteiger partial charge in [0.1, 0.15) is 0 Å². The molecule has 4 aromatic rings. The summed E-state index contributed by atoms with van der Waals surface area (Å²) in [6.07, 6.45) is -6.66. The van der Waals surface area contributed by atoms with E-state index in [-0.39, 0.29) is 22.3 Å². The lowest BCUT2D eigenvalue weighted by molar-refractivity contribution is -0.343. The van der Waals surface area contributed by atoms with Crippen LogP contribution in [0.3, 0.4) is 0 Å². The minimum Gasteiger partial charge on any atom is -0.321 e. The van der Waals surface area contributed by atoms with Crippen LogP contribution in [0.25, 0.3) is 22.2 Å². The summed E-state index contributed by atoms with van der Waals surface area (Å²) in [6, 6.07) is 19.5. The van der Waals surface area contributed by atoms with Crippen LogP contribution in [-0.2, 0) is 10.2 Å². The standard InChI is InChI=1S/C33H29F7N4O2/c1-18-8-6-11-24-25(17-26(42-27(18)24)20-12-14-22(15-13-20)30(3,4)5)28(45)44-43-19(2)21-9-7-10-23(16-21)41-29(46)31(34,35)32(36,37)33(38,39)40/h6-17H,1-5H3,(H,41,46)(H,44,45)/b43-19-. The number of aryl methyl sites for hydroxylation is 1. The summed E-state index contributed by atoms with van der Waals surface area (Å²) < 4.78 is 91.6. The van der Waals surface area contributed by atoms with E-state index in [1.807, 2.05) is 37.3 Å². The average molecular weight is 647 g/mol. The van der Waals surface area contributed by atoms with E-state index in [9.17, 15) is 40.3 Å². The van der Waals surface area contributed by atoms with Gasteiger partial charge in [0.05, 0.1) is 22.5 Å². The molecular weight excluding hydrogens is 617 g/mol. The number of halogens is 7. The fourth-order valence-corrected chi connectivity index (χ4v) is 4.48. The molecule has 0 aliphatic heterocycles. The highest BCUT2D eigenvalue weighted by molar-refractivity contribution is 6.09. The Balaban J connectivity index is 1.60. The molecule has 0 saturated heterocycles. The third-order valence-electron chi connectivity index (χ3n) is 7.23. The van der Waals surface area contributed by atoms with Crippen LogP contribution in [0, 0.1) is 6.92 Å². The number of alkyl halides is 7. The number of fused-ring (bicyclic) bond motifs is 1. The molecule has 0 fully saturated rings. The number of anilines is 1. The molecule has 13 heteroatoms. The molecule has 0 atom stereocenters. The van der Waals surface area contributed by atoms with Crippen molar-refractivity contribution in [1.82, 2.24) is 10.4 Å². The zero-order chi connectivity index (χ0) is 34.2. The van der Waals surface area contributed by atoms with Crippen molar-refractivity contribution in [3.63, 3.8) is 0 Å². The number of nitrogens with one attached hydrogen (secondary N) is 2. The smallest absolute Gasteiger partial charge is 0.321 e. The SMILES string of the molecule is C/C(=N/NC(=O)c1cc(-c2ccc(C(C)(C)C)cc2)nc2c(C)cccc12)c1cccc(NC(=O)C(F)(F)C(F)(F)C(F)(F)F)c1. The van der Waals surface area contributed by atoms with Crippen LogP contribution in [0.5, 0.6) is 0 Å². The molecule has 6 nitrogen and oxygen atoms in total. The van der Waals surface area contributed by atoms with E-state index >= 15 is 0 Å². The third kappa shape index (κ3) is 6.73. The Morgan fingerprint density at radius 3 is 2.07 bits per heavy atom. The van der Waals surface area contributed by atoms with E-state index in [0.29, 0.717) is 16.6 Å². The van der Waals surface area contributed by atoms with Crippen LogP contribution in [0.1, 0.15) is 54.7 Å². The molecule has 242 valence electrons. The molecule has 2 N–H and O–H groups in total. The molecule has 0 saturated carbocycles. The largest absolute Gasteiger partial charge is 0.460 e. The van der Waals surface area contributed by atoms with Gasteiger partial charge in [-0.3, -0.25) is 9.59 Å². The number of hydrogen-bond donors (Lipinski definition) is 2. The number of nitrogens with zero attached hydrogens (tertiary/aromatic N) is 2. The molecule has 0 radical (unpaired) electrons. The molecule has 0 bridgehead atoms. The van der Waals surface area contributed by atoms with Gasteiger partial charge in [-0.25, -0.2) is 10.4 Å². The summed E-state index contributed by atoms with van der Waals surface area (Å²) in [5, 5.41) is 5.99. The van der Waals surface area contributed by atoms with Crippen LogP contribution >= 0.6 is 0 Å². The van der Waals surface area contributed by atoms with Crippen LogP contribution in [0.2, 0.25) is 0 Å². The average Bonchev–Trinajstić information content (AvgIpc) is 2.98. The Kier molecular flexibility index (Phi) is 9.02. The molecule has 0 spiro atoms. The summed E-state index contributed by atoms with van der Waals surface area (Å²) >= 11 is 0. The molecule has 3 aromatic carbocycles. The summed E-state index contributed by atoms with van der Waals surface area (Å²) in [4.78, 5) is 30.0. The number of carbonyl (C=O) groups excluding carboxylic acids is 2. The van der Waals surface area contributed by atoms with Gasteiger partial charge in [0.2, 0.25) is 0 Å². The molecule has 0 aliphatic rings. The van der Waals surface area contributed by atoms with Crippen molar-refractivity contribution in [2.45, 2.75) is 58.1 Å². The number of para-hydroxylation sites is 1. The van der Waals surface area contributed by atoms with Gasteiger partial charge in [-0.05, 0) is 54.2 Å². The van der Waals surface area contributed by atoms with Gasteiger partial charge in [-0.2, -0.15) is 35.8 Å². The molecule has 0 unspecified atom stereocenters. The van der Waals surface area contributed by atoms with Crippen LogP contribution in [-0.4, -0.2) is 40.5 Å². The van der Waals surface area contributed by atoms with Crippen molar-refractivity contribution in [3.05, 3.63) is 95.1 Å². The number of aromatic nitrogens is 1. The van der Waals surface area contributed by atoms with E-state index in [1.54, 1.807) is 18.2 Å². The minimum atomic E-state index is -6.66. The Bertz CT molecular complexity index is 1830. The Hall–Kier alpha value is -4.81. The highest BCUT2D eigenvalue weighted by Gasteiger charge is 2.76. The molecule has 2 amide bonds. The maximum atomic E-state index is 13.8.